The van der Waals surface area contributed by atoms with Crippen molar-refractivity contribution in [1.29, 1.82) is 0 Å². The van der Waals surface area contributed by atoms with E-state index >= 15 is 0 Å². The number of rotatable bonds is 5. The van der Waals surface area contributed by atoms with Crippen molar-refractivity contribution >= 4 is 23.2 Å². The van der Waals surface area contributed by atoms with Gasteiger partial charge in [-0.25, -0.2) is 0 Å². The summed E-state index contributed by atoms with van der Waals surface area (Å²) in [5.41, 5.74) is 1.15. The van der Waals surface area contributed by atoms with Crippen molar-refractivity contribution < 1.29 is 14.6 Å². The smallest absolute Gasteiger partial charge is 0.226 e. The van der Waals surface area contributed by atoms with E-state index < -0.39 is 0 Å². The molecule has 102 valence electrons. The first-order valence-electron chi connectivity index (χ1n) is 5.94. The van der Waals surface area contributed by atoms with Crippen molar-refractivity contribution in [3.05, 3.63) is 28.8 Å². The predicted octanol–water partition coefficient (Wildman–Crippen LogP) is 2.05. The summed E-state index contributed by atoms with van der Waals surface area (Å²) in [5, 5.41) is 12.0. The van der Waals surface area contributed by atoms with E-state index in [1.807, 2.05) is 6.92 Å². The molecule has 1 aromatic rings. The zero-order valence-electron chi connectivity index (χ0n) is 10.7. The number of hydrogen-bond donors (Lipinski definition) is 2. The highest BCUT2D eigenvalue weighted by Crippen LogP contribution is 2.20. The molecule has 0 aromatic heterocycles. The number of aliphatic hydroxyl groups excluding tert-OH is 1. The summed E-state index contributed by atoms with van der Waals surface area (Å²) in [5.74, 6) is 5.12. The molecule has 2 N–H and O–H groups in total. The fraction of sp³-hybridized carbons (Fsp3) is 0.357. The maximum atomic E-state index is 11.7. The predicted molar refractivity (Wildman–Crippen MR) is 75.2 cm³/mol. The third-order valence-electron chi connectivity index (χ3n) is 2.24. The number of aliphatic hydroxyl groups is 1. The van der Waals surface area contributed by atoms with E-state index in [-0.39, 0.29) is 18.9 Å². The van der Waals surface area contributed by atoms with Gasteiger partial charge in [0.25, 0.3) is 0 Å². The van der Waals surface area contributed by atoms with E-state index in [1.54, 1.807) is 18.2 Å². The molecule has 0 heterocycles. The highest BCUT2D eigenvalue weighted by Gasteiger charge is 2.06. The Bertz CT molecular complexity index is 491. The molecule has 4 nitrogen and oxygen atoms in total. The van der Waals surface area contributed by atoms with E-state index in [1.165, 1.54) is 0 Å². The van der Waals surface area contributed by atoms with Gasteiger partial charge >= 0.3 is 0 Å². The topological polar surface area (TPSA) is 58.6 Å². The summed E-state index contributed by atoms with van der Waals surface area (Å²) in [6, 6.07) is 4.99. The van der Waals surface area contributed by atoms with Crippen LogP contribution in [0.15, 0.2) is 18.2 Å². The van der Waals surface area contributed by atoms with E-state index in [9.17, 15) is 4.79 Å². The zero-order valence-corrected chi connectivity index (χ0v) is 11.5. The molecule has 0 spiro atoms. The van der Waals surface area contributed by atoms with Crippen LogP contribution in [0.1, 0.15) is 18.9 Å². The van der Waals surface area contributed by atoms with Crippen LogP contribution in [0.25, 0.3) is 0 Å². The van der Waals surface area contributed by atoms with Gasteiger partial charge in [0.1, 0.15) is 6.61 Å². The molecule has 1 rings (SSSR count). The highest BCUT2D eigenvalue weighted by atomic mass is 35.5. The summed E-state index contributed by atoms with van der Waals surface area (Å²) in [4.78, 5) is 11.7. The summed E-state index contributed by atoms with van der Waals surface area (Å²) in [6.45, 7) is 2.60. The van der Waals surface area contributed by atoms with Crippen LogP contribution in [0, 0.1) is 11.8 Å². The van der Waals surface area contributed by atoms with Crippen LogP contribution in [0.5, 0.6) is 0 Å². The Morgan fingerprint density at radius 1 is 1.53 bits per heavy atom. The average molecular weight is 282 g/mol. The van der Waals surface area contributed by atoms with Gasteiger partial charge in [-0.05, 0) is 25.1 Å². The Labute approximate surface area is 117 Å². The van der Waals surface area contributed by atoms with Gasteiger partial charge in [-0.3, -0.25) is 4.79 Å². The third kappa shape index (κ3) is 5.75. The van der Waals surface area contributed by atoms with Gasteiger partial charge in [-0.2, -0.15) is 0 Å². The van der Waals surface area contributed by atoms with Crippen LogP contribution in [-0.2, 0) is 9.53 Å². The van der Waals surface area contributed by atoms with Crippen molar-refractivity contribution in [3.63, 3.8) is 0 Å². The number of carbonyl (C=O) groups is 1. The first-order chi connectivity index (χ1) is 9.17. The molecular formula is C14H16ClNO3. The first kappa shape index (κ1) is 15.5. The number of ether oxygens (including phenoxy) is 1. The third-order valence-corrected chi connectivity index (χ3v) is 2.47. The molecule has 0 atom stereocenters. The normalized spacial score (nSPS) is 9.63. The summed E-state index contributed by atoms with van der Waals surface area (Å²) in [6.07, 6.45) is 0.281. The zero-order chi connectivity index (χ0) is 14.1. The molecule has 0 saturated heterocycles. The number of amides is 1. The Kier molecular flexibility index (Phi) is 6.98. The van der Waals surface area contributed by atoms with Crippen molar-refractivity contribution in [2.24, 2.45) is 0 Å². The van der Waals surface area contributed by atoms with E-state index in [0.717, 1.165) is 0 Å². The van der Waals surface area contributed by atoms with Crippen LogP contribution >= 0.6 is 11.6 Å². The van der Waals surface area contributed by atoms with Gasteiger partial charge in [-0.15, -0.1) is 0 Å². The fourth-order valence-electron chi connectivity index (χ4n) is 1.39. The molecule has 0 radical (unpaired) electrons. The number of hydrogen-bond acceptors (Lipinski definition) is 3. The second kappa shape index (κ2) is 8.54. The highest BCUT2D eigenvalue weighted by molar-refractivity contribution is 6.30. The van der Waals surface area contributed by atoms with E-state index in [0.29, 0.717) is 29.5 Å². The number of halogens is 1. The van der Waals surface area contributed by atoms with Crippen LogP contribution in [0.3, 0.4) is 0 Å². The molecule has 0 aliphatic carbocycles. The fourth-order valence-corrected chi connectivity index (χ4v) is 1.56. The van der Waals surface area contributed by atoms with Crippen LogP contribution in [-0.4, -0.2) is 30.8 Å². The number of nitrogens with one attached hydrogen (secondary N) is 1. The largest absolute Gasteiger partial charge is 0.384 e. The minimum Gasteiger partial charge on any atom is -0.384 e. The summed E-state index contributed by atoms with van der Waals surface area (Å²) < 4.78 is 5.11. The SMILES string of the molecule is CCOCCC(=O)Nc1ccc(Cl)cc1C#CCO. The molecule has 19 heavy (non-hydrogen) atoms. The van der Waals surface area contributed by atoms with Gasteiger partial charge in [-0.1, -0.05) is 23.4 Å². The molecule has 0 aliphatic heterocycles. The first-order valence-corrected chi connectivity index (χ1v) is 6.32. The molecule has 0 saturated carbocycles. The minimum atomic E-state index is -0.246. The van der Waals surface area contributed by atoms with Crippen LogP contribution in [0.2, 0.25) is 5.02 Å². The molecule has 0 fully saturated rings. The molecule has 0 bridgehead atoms. The summed E-state index contributed by atoms with van der Waals surface area (Å²) in [7, 11) is 0. The van der Waals surface area contributed by atoms with E-state index in [4.69, 9.17) is 21.4 Å². The lowest BCUT2D eigenvalue weighted by molar-refractivity contribution is -0.117. The number of benzene rings is 1. The maximum Gasteiger partial charge on any atom is 0.226 e. The molecule has 1 amide bonds. The molecule has 1 aromatic carbocycles. The lowest BCUT2D eigenvalue weighted by Gasteiger charge is -2.08. The second-order valence-corrected chi connectivity index (χ2v) is 4.08. The van der Waals surface area contributed by atoms with Gasteiger partial charge in [0.15, 0.2) is 0 Å². The van der Waals surface area contributed by atoms with Crippen molar-refractivity contribution in [2.45, 2.75) is 13.3 Å². The quantitative estimate of drug-likeness (QED) is 0.641. The standard InChI is InChI=1S/C14H16ClNO3/c1-2-19-9-7-14(18)16-13-6-5-12(15)10-11(13)4-3-8-17/h5-6,10,17H,2,7-9H2,1H3,(H,16,18). The van der Waals surface area contributed by atoms with Crippen molar-refractivity contribution in [1.82, 2.24) is 0 Å². The monoisotopic (exact) mass is 281 g/mol. The van der Waals surface area contributed by atoms with Gasteiger partial charge in [0.2, 0.25) is 5.91 Å². The Morgan fingerprint density at radius 3 is 3.00 bits per heavy atom. The molecule has 0 aliphatic rings. The molecular weight excluding hydrogens is 266 g/mol. The molecule has 0 unspecified atom stereocenters. The Balaban J connectivity index is 2.74. The van der Waals surface area contributed by atoms with Crippen molar-refractivity contribution in [2.75, 3.05) is 25.1 Å². The Morgan fingerprint density at radius 2 is 2.32 bits per heavy atom. The lowest BCUT2D eigenvalue weighted by Crippen LogP contribution is -2.15. The minimum absolute atomic E-state index is 0.150. The average Bonchev–Trinajstić information content (AvgIpc) is 2.39. The maximum absolute atomic E-state index is 11.7. The number of anilines is 1. The van der Waals surface area contributed by atoms with Gasteiger partial charge in [0, 0.05) is 17.2 Å². The number of carbonyl (C=O) groups excluding carboxylic acids is 1. The van der Waals surface area contributed by atoms with Gasteiger partial charge in [0.05, 0.1) is 18.7 Å². The lowest BCUT2D eigenvalue weighted by atomic mass is 10.1. The van der Waals surface area contributed by atoms with E-state index in [2.05, 4.69) is 17.2 Å². The molecule has 5 heteroatoms. The van der Waals surface area contributed by atoms with Crippen molar-refractivity contribution in [3.8, 4) is 11.8 Å². The van der Waals surface area contributed by atoms with Crippen LogP contribution in [0.4, 0.5) is 5.69 Å². The van der Waals surface area contributed by atoms with Gasteiger partial charge < -0.3 is 15.2 Å². The Hall–Kier alpha value is -1.54. The van der Waals surface area contributed by atoms with Crippen LogP contribution < -0.4 is 5.32 Å². The second-order valence-electron chi connectivity index (χ2n) is 3.64. The summed E-state index contributed by atoms with van der Waals surface area (Å²) >= 11 is 5.87.